The highest BCUT2D eigenvalue weighted by atomic mass is 16.6. The van der Waals surface area contributed by atoms with Gasteiger partial charge in [0.1, 0.15) is 5.60 Å². The fourth-order valence-electron chi connectivity index (χ4n) is 0.850. The SMILES string of the molecule is CC(C)(C)OC(=O)NCn1ccnc1. The van der Waals surface area contributed by atoms with E-state index in [0.29, 0.717) is 6.67 Å². The molecular formula is C9H15N3O2. The minimum Gasteiger partial charge on any atom is -0.444 e. The molecule has 0 radical (unpaired) electrons. The lowest BCUT2D eigenvalue weighted by atomic mass is 10.2. The van der Waals surface area contributed by atoms with Crippen LogP contribution in [-0.4, -0.2) is 21.2 Å². The predicted octanol–water partition coefficient (Wildman–Crippen LogP) is 1.37. The van der Waals surface area contributed by atoms with E-state index in [4.69, 9.17) is 4.74 Å². The molecule has 1 heterocycles. The molecule has 14 heavy (non-hydrogen) atoms. The van der Waals surface area contributed by atoms with Crippen LogP contribution in [0.15, 0.2) is 18.7 Å². The largest absolute Gasteiger partial charge is 0.444 e. The number of rotatable bonds is 2. The zero-order chi connectivity index (χ0) is 10.6. The van der Waals surface area contributed by atoms with Gasteiger partial charge in [-0.15, -0.1) is 0 Å². The van der Waals surface area contributed by atoms with E-state index < -0.39 is 11.7 Å². The number of hydrogen-bond acceptors (Lipinski definition) is 3. The Bertz CT molecular complexity index is 288. The van der Waals surface area contributed by atoms with Crippen molar-refractivity contribution in [3.8, 4) is 0 Å². The molecular weight excluding hydrogens is 182 g/mol. The third kappa shape index (κ3) is 3.93. The lowest BCUT2D eigenvalue weighted by molar-refractivity contribution is 0.0511. The molecule has 1 amide bonds. The molecule has 0 aliphatic carbocycles. The number of carbonyl (C=O) groups is 1. The number of amides is 1. The summed E-state index contributed by atoms with van der Waals surface area (Å²) in [5.74, 6) is 0. The molecule has 1 N–H and O–H groups in total. The number of hydrogen-bond donors (Lipinski definition) is 1. The Balaban J connectivity index is 2.29. The normalized spacial score (nSPS) is 11.1. The van der Waals surface area contributed by atoms with Crippen molar-refractivity contribution in [2.24, 2.45) is 0 Å². The molecule has 0 saturated heterocycles. The van der Waals surface area contributed by atoms with E-state index in [1.54, 1.807) is 23.3 Å². The van der Waals surface area contributed by atoms with Crippen molar-refractivity contribution in [3.05, 3.63) is 18.7 Å². The van der Waals surface area contributed by atoms with Crippen LogP contribution in [0.3, 0.4) is 0 Å². The third-order valence-corrected chi connectivity index (χ3v) is 1.36. The van der Waals surface area contributed by atoms with Crippen LogP contribution in [-0.2, 0) is 11.4 Å². The molecule has 0 aliphatic rings. The first-order valence-corrected chi connectivity index (χ1v) is 4.40. The minimum absolute atomic E-state index is 0.370. The Morgan fingerprint density at radius 3 is 2.79 bits per heavy atom. The highest BCUT2D eigenvalue weighted by Gasteiger charge is 2.15. The Hall–Kier alpha value is -1.52. The van der Waals surface area contributed by atoms with Gasteiger partial charge in [0.15, 0.2) is 0 Å². The van der Waals surface area contributed by atoms with Crippen LogP contribution in [0.5, 0.6) is 0 Å². The second-order valence-corrected chi connectivity index (χ2v) is 3.91. The van der Waals surface area contributed by atoms with Gasteiger partial charge in [0, 0.05) is 12.4 Å². The van der Waals surface area contributed by atoms with Crippen molar-refractivity contribution < 1.29 is 9.53 Å². The molecule has 0 atom stereocenters. The smallest absolute Gasteiger partial charge is 0.409 e. The van der Waals surface area contributed by atoms with Crippen molar-refractivity contribution in [3.63, 3.8) is 0 Å². The van der Waals surface area contributed by atoms with Gasteiger partial charge in [-0.3, -0.25) is 0 Å². The zero-order valence-corrected chi connectivity index (χ0v) is 8.65. The maximum atomic E-state index is 11.2. The molecule has 0 fully saturated rings. The number of imidazole rings is 1. The number of carbonyl (C=O) groups excluding carboxylic acids is 1. The average Bonchev–Trinajstić information content (AvgIpc) is 2.49. The van der Waals surface area contributed by atoms with Gasteiger partial charge >= 0.3 is 6.09 Å². The lowest BCUT2D eigenvalue weighted by Gasteiger charge is -2.19. The van der Waals surface area contributed by atoms with Gasteiger partial charge in [0.05, 0.1) is 13.0 Å². The molecule has 1 aromatic heterocycles. The van der Waals surface area contributed by atoms with E-state index in [9.17, 15) is 4.79 Å². The molecule has 0 aromatic carbocycles. The highest BCUT2D eigenvalue weighted by Crippen LogP contribution is 2.06. The van der Waals surface area contributed by atoms with Crippen LogP contribution < -0.4 is 5.32 Å². The Labute approximate surface area is 83.1 Å². The summed E-state index contributed by atoms with van der Waals surface area (Å²) >= 11 is 0. The van der Waals surface area contributed by atoms with Crippen molar-refractivity contribution in [2.45, 2.75) is 33.0 Å². The molecule has 0 saturated carbocycles. The zero-order valence-electron chi connectivity index (χ0n) is 8.65. The standard InChI is InChI=1S/C9H15N3O2/c1-9(2,3)14-8(13)11-7-12-5-4-10-6-12/h4-6H,7H2,1-3H3,(H,11,13). The molecule has 0 bridgehead atoms. The fraction of sp³-hybridized carbons (Fsp3) is 0.556. The molecule has 0 aliphatic heterocycles. The number of aromatic nitrogens is 2. The highest BCUT2D eigenvalue weighted by molar-refractivity contribution is 5.67. The average molecular weight is 197 g/mol. The van der Waals surface area contributed by atoms with Gasteiger partial charge in [-0.2, -0.15) is 0 Å². The monoisotopic (exact) mass is 197 g/mol. The quantitative estimate of drug-likeness (QED) is 0.778. The maximum Gasteiger partial charge on any atom is 0.409 e. The molecule has 5 heteroatoms. The first-order valence-electron chi connectivity index (χ1n) is 4.40. The van der Waals surface area contributed by atoms with Gasteiger partial charge in [0.25, 0.3) is 0 Å². The fourth-order valence-corrected chi connectivity index (χ4v) is 0.850. The second kappa shape index (κ2) is 4.13. The summed E-state index contributed by atoms with van der Waals surface area (Å²) in [6.45, 7) is 5.84. The third-order valence-electron chi connectivity index (χ3n) is 1.36. The number of alkyl carbamates (subject to hydrolysis) is 1. The van der Waals surface area contributed by atoms with Crippen LogP contribution >= 0.6 is 0 Å². The van der Waals surface area contributed by atoms with Gasteiger partial charge in [-0.25, -0.2) is 9.78 Å². The Morgan fingerprint density at radius 1 is 1.57 bits per heavy atom. The van der Waals surface area contributed by atoms with Crippen LogP contribution in [0.2, 0.25) is 0 Å². The number of nitrogens with zero attached hydrogens (tertiary/aromatic N) is 2. The summed E-state index contributed by atoms with van der Waals surface area (Å²) in [5, 5.41) is 2.60. The van der Waals surface area contributed by atoms with Crippen LogP contribution in [0, 0.1) is 0 Å². The van der Waals surface area contributed by atoms with Crippen LogP contribution in [0.25, 0.3) is 0 Å². The molecule has 1 rings (SSSR count). The van der Waals surface area contributed by atoms with E-state index in [0.717, 1.165) is 0 Å². The summed E-state index contributed by atoms with van der Waals surface area (Å²) in [4.78, 5) is 15.0. The van der Waals surface area contributed by atoms with Gasteiger partial charge < -0.3 is 14.6 Å². The van der Waals surface area contributed by atoms with E-state index in [1.807, 2.05) is 20.8 Å². The summed E-state index contributed by atoms with van der Waals surface area (Å²) in [5.41, 5.74) is -0.459. The molecule has 78 valence electrons. The van der Waals surface area contributed by atoms with E-state index in [2.05, 4.69) is 10.3 Å². The predicted molar refractivity (Wildman–Crippen MR) is 51.6 cm³/mol. The Kier molecular flexibility index (Phi) is 3.11. The second-order valence-electron chi connectivity index (χ2n) is 3.91. The summed E-state index contributed by atoms with van der Waals surface area (Å²) in [6.07, 6.45) is 4.61. The minimum atomic E-state index is -0.459. The Morgan fingerprint density at radius 2 is 2.29 bits per heavy atom. The first kappa shape index (κ1) is 10.6. The molecule has 0 unspecified atom stereocenters. The van der Waals surface area contributed by atoms with Crippen molar-refractivity contribution >= 4 is 6.09 Å². The molecule has 1 aromatic rings. The van der Waals surface area contributed by atoms with Gasteiger partial charge in [-0.05, 0) is 20.8 Å². The summed E-state index contributed by atoms with van der Waals surface area (Å²) < 4.78 is 6.79. The number of ether oxygens (including phenoxy) is 1. The molecule has 0 spiro atoms. The van der Waals surface area contributed by atoms with Gasteiger partial charge in [0.2, 0.25) is 0 Å². The summed E-state index contributed by atoms with van der Waals surface area (Å²) in [7, 11) is 0. The van der Waals surface area contributed by atoms with E-state index >= 15 is 0 Å². The van der Waals surface area contributed by atoms with Crippen LogP contribution in [0.4, 0.5) is 4.79 Å². The van der Waals surface area contributed by atoms with Gasteiger partial charge in [-0.1, -0.05) is 0 Å². The van der Waals surface area contributed by atoms with E-state index in [1.165, 1.54) is 0 Å². The lowest BCUT2D eigenvalue weighted by Crippen LogP contribution is -2.33. The maximum absolute atomic E-state index is 11.2. The van der Waals surface area contributed by atoms with E-state index in [-0.39, 0.29) is 0 Å². The first-order chi connectivity index (χ1) is 6.47. The van der Waals surface area contributed by atoms with Crippen molar-refractivity contribution in [1.82, 2.24) is 14.9 Å². The topological polar surface area (TPSA) is 56.1 Å². The van der Waals surface area contributed by atoms with Crippen LogP contribution in [0.1, 0.15) is 20.8 Å². The number of nitrogens with one attached hydrogen (secondary N) is 1. The summed E-state index contributed by atoms with van der Waals surface area (Å²) in [6, 6.07) is 0. The van der Waals surface area contributed by atoms with Crippen molar-refractivity contribution in [2.75, 3.05) is 0 Å². The van der Waals surface area contributed by atoms with Crippen molar-refractivity contribution in [1.29, 1.82) is 0 Å². The molecule has 5 nitrogen and oxygen atoms in total.